The summed E-state index contributed by atoms with van der Waals surface area (Å²) in [5, 5.41) is 6.27. The molecule has 0 saturated heterocycles. The standard InChI is InChI=1S/C13H20N2O2S/c1-14-10-15-7-6-11-4-5-13-12(9-11)3-2-8-18(13,16)17/h4-5,9,14-15H,2-3,6-8,10H2,1H3. The smallest absolute Gasteiger partial charge is 0.178 e. The van der Waals surface area contributed by atoms with E-state index in [0.717, 1.165) is 38.0 Å². The average Bonchev–Trinajstić information content (AvgIpc) is 2.34. The maximum Gasteiger partial charge on any atom is 0.178 e. The Bertz CT molecular complexity index is 512. The summed E-state index contributed by atoms with van der Waals surface area (Å²) in [6.45, 7) is 1.69. The molecule has 0 radical (unpaired) electrons. The van der Waals surface area contributed by atoms with Gasteiger partial charge in [-0.2, -0.15) is 0 Å². The summed E-state index contributed by atoms with van der Waals surface area (Å²) in [5.41, 5.74) is 2.20. The third kappa shape index (κ3) is 3.10. The normalized spacial score (nSPS) is 17.4. The fourth-order valence-electron chi connectivity index (χ4n) is 2.30. The zero-order valence-electron chi connectivity index (χ0n) is 10.7. The molecule has 0 aliphatic carbocycles. The first-order valence-electron chi connectivity index (χ1n) is 6.33. The van der Waals surface area contributed by atoms with Crippen molar-refractivity contribution in [3.63, 3.8) is 0 Å². The molecule has 0 saturated carbocycles. The summed E-state index contributed by atoms with van der Waals surface area (Å²) in [6.07, 6.45) is 2.55. The molecular weight excluding hydrogens is 248 g/mol. The van der Waals surface area contributed by atoms with Crippen LogP contribution in [0.2, 0.25) is 0 Å². The largest absolute Gasteiger partial charge is 0.308 e. The number of aryl methyl sites for hydroxylation is 1. The molecule has 0 fully saturated rings. The van der Waals surface area contributed by atoms with Crippen LogP contribution >= 0.6 is 0 Å². The lowest BCUT2D eigenvalue weighted by atomic mass is 10.0. The van der Waals surface area contributed by atoms with Crippen LogP contribution in [-0.2, 0) is 22.7 Å². The molecule has 0 atom stereocenters. The Hall–Kier alpha value is -0.910. The van der Waals surface area contributed by atoms with Crippen molar-refractivity contribution in [3.05, 3.63) is 29.3 Å². The van der Waals surface area contributed by atoms with Gasteiger partial charge in [0.15, 0.2) is 9.84 Å². The van der Waals surface area contributed by atoms with Crippen molar-refractivity contribution in [1.29, 1.82) is 0 Å². The summed E-state index contributed by atoms with van der Waals surface area (Å²) >= 11 is 0. The summed E-state index contributed by atoms with van der Waals surface area (Å²) in [4.78, 5) is 0.542. The SMILES string of the molecule is CNCNCCc1ccc2c(c1)CCCS2(=O)=O. The lowest BCUT2D eigenvalue weighted by Crippen LogP contribution is -2.27. The lowest BCUT2D eigenvalue weighted by molar-refractivity contribution is 0.586. The Morgan fingerprint density at radius 3 is 2.94 bits per heavy atom. The fourth-order valence-corrected chi connectivity index (χ4v) is 3.88. The van der Waals surface area contributed by atoms with E-state index in [0.29, 0.717) is 10.6 Å². The highest BCUT2D eigenvalue weighted by atomic mass is 32.2. The monoisotopic (exact) mass is 268 g/mol. The van der Waals surface area contributed by atoms with Crippen molar-refractivity contribution in [1.82, 2.24) is 10.6 Å². The third-order valence-corrected chi connectivity index (χ3v) is 5.11. The minimum absolute atomic E-state index is 0.295. The highest BCUT2D eigenvalue weighted by Crippen LogP contribution is 2.25. The summed E-state index contributed by atoms with van der Waals surface area (Å²) in [5.74, 6) is 0.295. The zero-order chi connectivity index (χ0) is 13.0. The molecule has 1 aromatic carbocycles. The van der Waals surface area contributed by atoms with Crippen molar-refractivity contribution in [3.8, 4) is 0 Å². The molecule has 4 nitrogen and oxygen atoms in total. The quantitative estimate of drug-likeness (QED) is 0.610. The summed E-state index contributed by atoms with van der Waals surface area (Å²) < 4.78 is 23.7. The van der Waals surface area contributed by atoms with Crippen molar-refractivity contribution in [2.45, 2.75) is 24.2 Å². The van der Waals surface area contributed by atoms with Crippen LogP contribution in [0.15, 0.2) is 23.1 Å². The van der Waals surface area contributed by atoms with Crippen LogP contribution in [0.25, 0.3) is 0 Å². The van der Waals surface area contributed by atoms with Crippen LogP contribution in [0.4, 0.5) is 0 Å². The molecule has 100 valence electrons. The maximum atomic E-state index is 11.9. The van der Waals surface area contributed by atoms with Crippen molar-refractivity contribution in [2.24, 2.45) is 0 Å². The molecule has 0 aromatic heterocycles. The third-order valence-electron chi connectivity index (χ3n) is 3.21. The molecule has 0 unspecified atom stereocenters. The number of nitrogens with one attached hydrogen (secondary N) is 2. The Kier molecular flexibility index (Phi) is 4.37. The van der Waals surface area contributed by atoms with E-state index in [2.05, 4.69) is 10.6 Å². The first kappa shape index (κ1) is 13.5. The molecule has 0 amide bonds. The van der Waals surface area contributed by atoms with Gasteiger partial charge in [0.2, 0.25) is 0 Å². The molecule has 1 aliphatic rings. The Labute approximate surface area is 109 Å². The number of hydrogen-bond acceptors (Lipinski definition) is 4. The van der Waals surface area contributed by atoms with Gasteiger partial charge in [-0.05, 0) is 43.5 Å². The van der Waals surface area contributed by atoms with Crippen LogP contribution in [0, 0.1) is 0 Å². The first-order valence-corrected chi connectivity index (χ1v) is 7.98. The van der Waals surface area contributed by atoms with Gasteiger partial charge in [-0.1, -0.05) is 12.1 Å². The predicted molar refractivity (Wildman–Crippen MR) is 72.4 cm³/mol. The van der Waals surface area contributed by atoms with Crippen LogP contribution in [0.1, 0.15) is 17.5 Å². The van der Waals surface area contributed by atoms with Crippen molar-refractivity contribution < 1.29 is 8.42 Å². The van der Waals surface area contributed by atoms with Crippen LogP contribution < -0.4 is 10.6 Å². The first-order chi connectivity index (χ1) is 8.63. The molecule has 0 spiro atoms. The van der Waals surface area contributed by atoms with Gasteiger partial charge in [-0.3, -0.25) is 0 Å². The topological polar surface area (TPSA) is 58.2 Å². The zero-order valence-corrected chi connectivity index (χ0v) is 11.5. The Morgan fingerprint density at radius 2 is 2.17 bits per heavy atom. The van der Waals surface area contributed by atoms with Gasteiger partial charge in [-0.25, -0.2) is 8.42 Å². The van der Waals surface area contributed by atoms with Crippen LogP contribution in [-0.4, -0.2) is 34.4 Å². The van der Waals surface area contributed by atoms with Gasteiger partial charge < -0.3 is 10.6 Å². The fraction of sp³-hybridized carbons (Fsp3) is 0.538. The van der Waals surface area contributed by atoms with Crippen molar-refractivity contribution >= 4 is 9.84 Å². The summed E-state index contributed by atoms with van der Waals surface area (Å²) in [7, 11) is -1.11. The minimum Gasteiger partial charge on any atom is -0.308 e. The molecule has 1 aromatic rings. The van der Waals surface area contributed by atoms with E-state index in [-0.39, 0.29) is 0 Å². The lowest BCUT2D eigenvalue weighted by Gasteiger charge is -2.17. The molecule has 2 N–H and O–H groups in total. The maximum absolute atomic E-state index is 11.9. The van der Waals surface area contributed by atoms with Gasteiger partial charge >= 0.3 is 0 Å². The second-order valence-corrected chi connectivity index (χ2v) is 6.72. The summed E-state index contributed by atoms with van der Waals surface area (Å²) in [6, 6.07) is 5.76. The van der Waals surface area contributed by atoms with E-state index in [1.54, 1.807) is 6.07 Å². The highest BCUT2D eigenvalue weighted by molar-refractivity contribution is 7.91. The number of sulfone groups is 1. The van der Waals surface area contributed by atoms with E-state index in [1.807, 2.05) is 19.2 Å². The average molecular weight is 268 g/mol. The Morgan fingerprint density at radius 1 is 1.33 bits per heavy atom. The second kappa shape index (κ2) is 5.82. The molecule has 1 heterocycles. The van der Waals surface area contributed by atoms with Gasteiger partial charge in [0, 0.05) is 13.2 Å². The van der Waals surface area contributed by atoms with Crippen molar-refractivity contribution in [2.75, 3.05) is 26.0 Å². The van der Waals surface area contributed by atoms with Gasteiger partial charge in [0.25, 0.3) is 0 Å². The van der Waals surface area contributed by atoms with Crippen LogP contribution in [0.3, 0.4) is 0 Å². The van der Waals surface area contributed by atoms with Gasteiger partial charge in [0.1, 0.15) is 0 Å². The second-order valence-electron chi connectivity index (χ2n) is 4.64. The predicted octanol–water partition coefficient (Wildman–Crippen LogP) is 0.715. The van der Waals surface area contributed by atoms with Crippen LogP contribution in [0.5, 0.6) is 0 Å². The number of fused-ring (bicyclic) bond motifs is 1. The molecule has 5 heteroatoms. The van der Waals surface area contributed by atoms with Gasteiger partial charge in [-0.15, -0.1) is 0 Å². The van der Waals surface area contributed by atoms with E-state index in [4.69, 9.17) is 0 Å². The Balaban J connectivity index is 2.08. The van der Waals surface area contributed by atoms with E-state index in [9.17, 15) is 8.42 Å². The molecule has 2 rings (SSSR count). The van der Waals surface area contributed by atoms with E-state index >= 15 is 0 Å². The number of hydrogen-bond donors (Lipinski definition) is 2. The molecule has 1 aliphatic heterocycles. The number of rotatable bonds is 5. The van der Waals surface area contributed by atoms with E-state index < -0.39 is 9.84 Å². The van der Waals surface area contributed by atoms with Gasteiger partial charge in [0.05, 0.1) is 10.6 Å². The molecule has 0 bridgehead atoms. The van der Waals surface area contributed by atoms with E-state index in [1.165, 1.54) is 5.56 Å². The highest BCUT2D eigenvalue weighted by Gasteiger charge is 2.23. The molecule has 18 heavy (non-hydrogen) atoms. The minimum atomic E-state index is -3.01. The molecular formula is C13H20N2O2S. The number of benzene rings is 1.